The van der Waals surface area contributed by atoms with Crippen molar-refractivity contribution in [2.24, 2.45) is 0 Å². The van der Waals surface area contributed by atoms with E-state index >= 15 is 0 Å². The van der Waals surface area contributed by atoms with Crippen molar-refractivity contribution >= 4 is 38.6 Å². The fraction of sp³-hybridized carbons (Fsp3) is 0.0462. The van der Waals surface area contributed by atoms with E-state index in [1.54, 1.807) is 0 Å². The molecule has 1 aliphatic carbocycles. The maximum atomic E-state index is 2.43. The highest BCUT2D eigenvalue weighted by Crippen LogP contribution is 2.50. The topological polar surface area (TPSA) is 3.24 Å². The molecular formula is C65H47N. The van der Waals surface area contributed by atoms with Gasteiger partial charge >= 0.3 is 0 Å². The van der Waals surface area contributed by atoms with Crippen LogP contribution in [0.25, 0.3) is 88.3 Å². The Bertz CT molecular complexity index is 3570. The first-order valence-corrected chi connectivity index (χ1v) is 23.0. The average molecular weight is 842 g/mol. The number of nitrogens with zero attached hydrogens (tertiary/aromatic N) is 1. The maximum absolute atomic E-state index is 2.43. The van der Waals surface area contributed by atoms with Crippen LogP contribution in [0.4, 0.5) is 17.1 Å². The summed E-state index contributed by atoms with van der Waals surface area (Å²) in [7, 11) is 0. The summed E-state index contributed by atoms with van der Waals surface area (Å²) in [5.41, 5.74) is 20.8. The van der Waals surface area contributed by atoms with Crippen LogP contribution < -0.4 is 4.90 Å². The van der Waals surface area contributed by atoms with Crippen LogP contribution in [-0.4, -0.2) is 0 Å². The molecule has 1 heteroatoms. The predicted molar refractivity (Wildman–Crippen MR) is 281 cm³/mol. The van der Waals surface area contributed by atoms with Gasteiger partial charge in [-0.25, -0.2) is 0 Å². The molecule has 0 fully saturated rings. The van der Waals surface area contributed by atoms with Gasteiger partial charge < -0.3 is 4.90 Å². The van der Waals surface area contributed by atoms with E-state index in [0.717, 1.165) is 17.1 Å². The Labute approximate surface area is 387 Å². The van der Waals surface area contributed by atoms with Crippen LogP contribution in [0, 0.1) is 0 Å². The van der Waals surface area contributed by atoms with Gasteiger partial charge in [-0.2, -0.15) is 0 Å². The second-order valence-corrected chi connectivity index (χ2v) is 18.1. The third-order valence-corrected chi connectivity index (χ3v) is 13.9. The first kappa shape index (κ1) is 39.3. The van der Waals surface area contributed by atoms with Crippen molar-refractivity contribution in [3.63, 3.8) is 0 Å². The van der Waals surface area contributed by atoms with Crippen molar-refractivity contribution < 1.29 is 0 Å². The third-order valence-electron chi connectivity index (χ3n) is 13.9. The first-order valence-electron chi connectivity index (χ1n) is 23.0. The van der Waals surface area contributed by atoms with Gasteiger partial charge in [-0.1, -0.05) is 226 Å². The van der Waals surface area contributed by atoms with Crippen LogP contribution in [0.1, 0.15) is 25.0 Å². The summed E-state index contributed by atoms with van der Waals surface area (Å²) in [6.07, 6.45) is 0. The van der Waals surface area contributed by atoms with Gasteiger partial charge in [-0.3, -0.25) is 0 Å². The molecule has 0 amide bonds. The SMILES string of the molecule is CC1(C)c2ccccc2-c2ccc(-c3ccc(N(c4ccc(-c5ccc(-c6cccc7ccccc67)cc5)cc4)c4ccccc4-c4cccc5cccc(-c6ccccc6)c45)cc3)cc21. The quantitative estimate of drug-likeness (QED) is 0.147. The highest BCUT2D eigenvalue weighted by molar-refractivity contribution is 6.09. The fourth-order valence-electron chi connectivity index (χ4n) is 10.6. The minimum Gasteiger partial charge on any atom is -0.310 e. The first-order chi connectivity index (χ1) is 32.5. The van der Waals surface area contributed by atoms with E-state index in [0.29, 0.717) is 0 Å². The predicted octanol–water partition coefficient (Wildman–Crippen LogP) is 18.1. The second-order valence-electron chi connectivity index (χ2n) is 18.1. The summed E-state index contributed by atoms with van der Waals surface area (Å²) in [5.74, 6) is 0. The molecule has 0 heterocycles. The van der Waals surface area contributed by atoms with Gasteiger partial charge in [0, 0.05) is 22.4 Å². The Morgan fingerprint density at radius 2 is 0.758 bits per heavy atom. The molecule has 11 aromatic carbocycles. The molecule has 0 saturated carbocycles. The lowest BCUT2D eigenvalue weighted by atomic mass is 9.81. The van der Waals surface area contributed by atoms with Gasteiger partial charge in [0.1, 0.15) is 0 Å². The molecular weight excluding hydrogens is 795 g/mol. The van der Waals surface area contributed by atoms with Crippen LogP contribution in [0.2, 0.25) is 0 Å². The number of fused-ring (bicyclic) bond motifs is 5. The van der Waals surface area contributed by atoms with Crippen LogP contribution in [0.15, 0.2) is 249 Å². The maximum Gasteiger partial charge on any atom is 0.0540 e. The zero-order valence-corrected chi connectivity index (χ0v) is 37.1. The van der Waals surface area contributed by atoms with Crippen LogP contribution in [0.3, 0.4) is 0 Å². The van der Waals surface area contributed by atoms with Crippen molar-refractivity contribution in [1.82, 2.24) is 0 Å². The van der Waals surface area contributed by atoms with Crippen LogP contribution in [0.5, 0.6) is 0 Å². The largest absolute Gasteiger partial charge is 0.310 e. The summed E-state index contributed by atoms with van der Waals surface area (Å²) in [4.78, 5) is 2.43. The van der Waals surface area contributed by atoms with E-state index in [-0.39, 0.29) is 5.41 Å². The molecule has 0 aromatic heterocycles. The number of benzene rings is 11. The standard InChI is InChI=1S/C65H47N/c1-65(2)61-27-10-8-22-57(61)58-42-37-51(43-62(58)65)46-35-40-53(41-36-46)66(52-38-33-45(34-39-52)44-29-31-49(32-30-44)55-24-12-18-47-17-6-7-21-54(47)55)63-28-11-9-23-59(63)60-26-14-20-50-19-13-25-56(64(50)60)48-15-4-3-5-16-48/h3-43H,1-2H3. The highest BCUT2D eigenvalue weighted by Gasteiger charge is 2.35. The van der Waals surface area contributed by atoms with E-state index in [2.05, 4.69) is 267 Å². The smallest absolute Gasteiger partial charge is 0.0540 e. The number of hydrogen-bond acceptors (Lipinski definition) is 1. The molecule has 0 atom stereocenters. The zero-order valence-electron chi connectivity index (χ0n) is 37.1. The molecule has 0 bridgehead atoms. The molecule has 0 N–H and O–H groups in total. The van der Waals surface area contributed by atoms with Gasteiger partial charge in [0.2, 0.25) is 0 Å². The normalized spacial score (nSPS) is 12.5. The van der Waals surface area contributed by atoms with Crippen molar-refractivity contribution in [3.8, 4) is 66.8 Å². The van der Waals surface area contributed by atoms with Gasteiger partial charge in [-0.05, 0) is 130 Å². The summed E-state index contributed by atoms with van der Waals surface area (Å²) in [6.45, 7) is 4.70. The summed E-state index contributed by atoms with van der Waals surface area (Å²) in [6, 6.07) is 91.3. The highest BCUT2D eigenvalue weighted by atomic mass is 15.1. The Morgan fingerprint density at radius 1 is 0.288 bits per heavy atom. The van der Waals surface area contributed by atoms with Gasteiger partial charge in [0.15, 0.2) is 0 Å². The monoisotopic (exact) mass is 841 g/mol. The van der Waals surface area contributed by atoms with Gasteiger partial charge in [0.25, 0.3) is 0 Å². The minimum atomic E-state index is -0.0602. The minimum absolute atomic E-state index is 0.0602. The molecule has 0 aliphatic heterocycles. The van der Waals surface area contributed by atoms with E-state index in [1.807, 2.05) is 0 Å². The Balaban J connectivity index is 0.960. The molecule has 1 aliphatic rings. The lowest BCUT2D eigenvalue weighted by Crippen LogP contribution is -2.14. The molecule has 1 nitrogen and oxygen atoms in total. The molecule has 11 aromatic rings. The van der Waals surface area contributed by atoms with E-state index in [4.69, 9.17) is 0 Å². The fourth-order valence-corrected chi connectivity index (χ4v) is 10.6. The molecule has 66 heavy (non-hydrogen) atoms. The number of anilines is 3. The molecule has 0 radical (unpaired) electrons. The number of hydrogen-bond donors (Lipinski definition) is 0. The van der Waals surface area contributed by atoms with Crippen molar-refractivity contribution in [2.45, 2.75) is 19.3 Å². The molecule has 0 spiro atoms. The van der Waals surface area contributed by atoms with Crippen molar-refractivity contribution in [1.29, 1.82) is 0 Å². The Hall–Kier alpha value is -8.26. The molecule has 12 rings (SSSR count). The van der Waals surface area contributed by atoms with Crippen molar-refractivity contribution in [2.75, 3.05) is 4.90 Å². The summed E-state index contributed by atoms with van der Waals surface area (Å²) >= 11 is 0. The van der Waals surface area contributed by atoms with Gasteiger partial charge in [0.05, 0.1) is 5.69 Å². The van der Waals surface area contributed by atoms with E-state index in [9.17, 15) is 0 Å². The van der Waals surface area contributed by atoms with Gasteiger partial charge in [-0.15, -0.1) is 0 Å². The molecule has 0 saturated heterocycles. The average Bonchev–Trinajstić information content (AvgIpc) is 3.61. The van der Waals surface area contributed by atoms with Crippen LogP contribution >= 0.6 is 0 Å². The zero-order chi connectivity index (χ0) is 44.2. The third kappa shape index (κ3) is 6.71. The van der Waals surface area contributed by atoms with E-state index < -0.39 is 0 Å². The van der Waals surface area contributed by atoms with Crippen molar-refractivity contribution in [3.05, 3.63) is 260 Å². The lowest BCUT2D eigenvalue weighted by molar-refractivity contribution is 0.660. The summed E-state index contributed by atoms with van der Waals surface area (Å²) in [5, 5.41) is 4.99. The number of para-hydroxylation sites is 1. The van der Waals surface area contributed by atoms with E-state index in [1.165, 1.54) is 99.4 Å². The number of rotatable bonds is 8. The Morgan fingerprint density at radius 3 is 1.48 bits per heavy atom. The Kier molecular flexibility index (Phi) is 9.58. The second kappa shape index (κ2) is 16.1. The molecule has 0 unspecified atom stereocenters. The lowest BCUT2D eigenvalue weighted by Gasteiger charge is -2.29. The molecule has 312 valence electrons. The summed E-state index contributed by atoms with van der Waals surface area (Å²) < 4.78 is 0. The van der Waals surface area contributed by atoms with Crippen LogP contribution in [-0.2, 0) is 5.41 Å².